The first-order valence-electron chi connectivity index (χ1n) is 9.74. The predicted molar refractivity (Wildman–Crippen MR) is 101 cm³/mol. The Morgan fingerprint density at radius 3 is 2.30 bits per heavy atom. The number of hydrogen-bond acceptors (Lipinski definition) is 6. The molecule has 1 aromatic rings. The molecule has 8 heteroatoms. The summed E-state index contributed by atoms with van der Waals surface area (Å²) in [6, 6.07) is 5.36. The van der Waals surface area contributed by atoms with Crippen LogP contribution in [0.4, 0.5) is 0 Å². The van der Waals surface area contributed by atoms with Gasteiger partial charge in [0.05, 0.1) is 11.0 Å². The smallest absolute Gasteiger partial charge is 0.243 e. The lowest BCUT2D eigenvalue weighted by Crippen LogP contribution is -2.49. The number of piperidine rings is 2. The second kappa shape index (κ2) is 7.95. The van der Waals surface area contributed by atoms with Crippen molar-refractivity contribution < 1.29 is 22.6 Å². The molecule has 0 amide bonds. The van der Waals surface area contributed by atoms with Crippen molar-refractivity contribution in [1.82, 2.24) is 9.21 Å². The first-order chi connectivity index (χ1) is 13.1. The summed E-state index contributed by atoms with van der Waals surface area (Å²) in [6.45, 7) is 4.14. The Kier molecular flexibility index (Phi) is 5.59. The van der Waals surface area contributed by atoms with Crippen LogP contribution in [0.1, 0.15) is 25.7 Å². The molecule has 150 valence electrons. The molecule has 4 rings (SSSR count). The fourth-order valence-corrected chi connectivity index (χ4v) is 5.74. The average Bonchev–Trinajstić information content (AvgIpc) is 2.73. The van der Waals surface area contributed by atoms with Crippen LogP contribution in [-0.4, -0.2) is 76.3 Å². The maximum Gasteiger partial charge on any atom is 0.243 e. The molecule has 0 N–H and O–H groups in total. The number of ether oxygens (including phenoxy) is 3. The Hall–Kier alpha value is -1.35. The van der Waals surface area contributed by atoms with E-state index in [1.807, 2.05) is 0 Å². The van der Waals surface area contributed by atoms with E-state index >= 15 is 0 Å². The van der Waals surface area contributed by atoms with Gasteiger partial charge in [0.25, 0.3) is 0 Å². The average molecular weight is 397 g/mol. The quantitative estimate of drug-likeness (QED) is 0.772. The van der Waals surface area contributed by atoms with E-state index in [2.05, 4.69) is 4.90 Å². The first-order valence-corrected chi connectivity index (χ1v) is 11.2. The van der Waals surface area contributed by atoms with Gasteiger partial charge in [-0.25, -0.2) is 8.42 Å². The molecule has 0 aliphatic carbocycles. The van der Waals surface area contributed by atoms with Crippen LogP contribution in [0.15, 0.2) is 23.1 Å². The topological polar surface area (TPSA) is 68.3 Å². The molecule has 7 nitrogen and oxygen atoms in total. The van der Waals surface area contributed by atoms with Crippen LogP contribution in [-0.2, 0) is 14.8 Å². The lowest BCUT2D eigenvalue weighted by Gasteiger charge is -2.41. The van der Waals surface area contributed by atoms with Crippen molar-refractivity contribution in [2.24, 2.45) is 0 Å². The fourth-order valence-electron chi connectivity index (χ4n) is 4.26. The summed E-state index contributed by atoms with van der Waals surface area (Å²) in [5.74, 6) is 1.12. The van der Waals surface area contributed by atoms with Crippen molar-refractivity contribution in [3.8, 4) is 11.5 Å². The molecule has 2 fully saturated rings. The zero-order valence-electron chi connectivity index (χ0n) is 15.8. The van der Waals surface area contributed by atoms with E-state index in [0.717, 1.165) is 38.8 Å². The lowest BCUT2D eigenvalue weighted by molar-refractivity contribution is 0.0190. The minimum absolute atomic E-state index is 0.283. The van der Waals surface area contributed by atoms with Gasteiger partial charge in [0, 0.05) is 45.4 Å². The van der Waals surface area contributed by atoms with Gasteiger partial charge in [-0.2, -0.15) is 4.31 Å². The standard InChI is InChI=1S/C19H28N2O5S/c1-24-16-6-8-20(9-7-16)15-4-10-21(11-5-15)27(22,23)17-2-3-18-19(14-17)26-13-12-25-18/h2-3,14-16H,4-13H2,1H3. The molecule has 0 saturated carbocycles. The van der Waals surface area contributed by atoms with E-state index in [9.17, 15) is 8.42 Å². The number of hydrogen-bond donors (Lipinski definition) is 0. The number of nitrogens with zero attached hydrogens (tertiary/aromatic N) is 2. The minimum atomic E-state index is -3.50. The molecule has 0 radical (unpaired) electrons. The van der Waals surface area contributed by atoms with Crippen molar-refractivity contribution in [3.63, 3.8) is 0 Å². The van der Waals surface area contributed by atoms with Gasteiger partial charge in [0.15, 0.2) is 11.5 Å². The number of rotatable bonds is 4. The molecule has 3 aliphatic rings. The first kappa shape index (κ1) is 19.0. The highest BCUT2D eigenvalue weighted by molar-refractivity contribution is 7.89. The number of methoxy groups -OCH3 is 1. The minimum Gasteiger partial charge on any atom is -0.486 e. The zero-order valence-corrected chi connectivity index (χ0v) is 16.6. The van der Waals surface area contributed by atoms with Gasteiger partial charge >= 0.3 is 0 Å². The molecule has 1 aromatic carbocycles. The Labute approximate surface area is 161 Å². The Morgan fingerprint density at radius 1 is 0.963 bits per heavy atom. The van der Waals surface area contributed by atoms with E-state index in [1.165, 1.54) is 0 Å². The molecular weight excluding hydrogens is 368 g/mol. The van der Waals surface area contributed by atoms with Crippen LogP contribution in [0, 0.1) is 0 Å². The largest absolute Gasteiger partial charge is 0.486 e. The summed E-state index contributed by atoms with van der Waals surface area (Å²) < 4.78 is 44.1. The van der Waals surface area contributed by atoms with Crippen molar-refractivity contribution in [1.29, 1.82) is 0 Å². The molecule has 0 unspecified atom stereocenters. The predicted octanol–water partition coefficient (Wildman–Crippen LogP) is 1.72. The van der Waals surface area contributed by atoms with Crippen LogP contribution in [0.5, 0.6) is 11.5 Å². The molecule has 0 bridgehead atoms. The van der Waals surface area contributed by atoms with Crippen molar-refractivity contribution in [3.05, 3.63) is 18.2 Å². The van der Waals surface area contributed by atoms with Crippen LogP contribution in [0.3, 0.4) is 0 Å². The van der Waals surface area contributed by atoms with Crippen LogP contribution >= 0.6 is 0 Å². The summed E-state index contributed by atoms with van der Waals surface area (Å²) in [6.07, 6.45) is 4.25. The number of sulfonamides is 1. The third kappa shape index (κ3) is 3.94. The monoisotopic (exact) mass is 396 g/mol. The van der Waals surface area contributed by atoms with Crippen molar-refractivity contribution >= 4 is 10.0 Å². The molecule has 27 heavy (non-hydrogen) atoms. The molecule has 0 spiro atoms. The van der Waals surface area contributed by atoms with Crippen LogP contribution < -0.4 is 9.47 Å². The van der Waals surface area contributed by atoms with Crippen LogP contribution in [0.25, 0.3) is 0 Å². The third-order valence-corrected chi connectivity index (χ3v) is 7.80. The highest BCUT2D eigenvalue weighted by Crippen LogP contribution is 2.34. The SMILES string of the molecule is COC1CCN(C2CCN(S(=O)(=O)c3ccc4c(c3)OCCO4)CC2)CC1. The summed E-state index contributed by atoms with van der Waals surface area (Å²) in [5, 5.41) is 0. The van der Waals surface area contributed by atoms with Crippen molar-refractivity contribution in [2.45, 2.75) is 42.7 Å². The molecule has 2 saturated heterocycles. The summed E-state index contributed by atoms with van der Waals surface area (Å²) in [4.78, 5) is 2.79. The summed E-state index contributed by atoms with van der Waals surface area (Å²) in [5.41, 5.74) is 0. The van der Waals surface area contributed by atoms with Gasteiger partial charge in [0.2, 0.25) is 10.0 Å². The van der Waals surface area contributed by atoms with Gasteiger partial charge in [-0.05, 0) is 37.8 Å². The maximum absolute atomic E-state index is 13.0. The highest BCUT2D eigenvalue weighted by atomic mass is 32.2. The fraction of sp³-hybridized carbons (Fsp3) is 0.684. The normalized spacial score (nSPS) is 23.4. The molecule has 0 aromatic heterocycles. The molecule has 3 heterocycles. The summed E-state index contributed by atoms with van der Waals surface area (Å²) >= 11 is 0. The molecular formula is C19H28N2O5S. The number of benzene rings is 1. The highest BCUT2D eigenvalue weighted by Gasteiger charge is 2.33. The van der Waals surface area contributed by atoms with Gasteiger partial charge in [-0.1, -0.05) is 0 Å². The van der Waals surface area contributed by atoms with Crippen molar-refractivity contribution in [2.75, 3.05) is 46.5 Å². The van der Waals surface area contributed by atoms with E-state index < -0.39 is 10.0 Å². The van der Waals surface area contributed by atoms with Gasteiger partial charge < -0.3 is 19.1 Å². The second-order valence-electron chi connectivity index (χ2n) is 7.41. The third-order valence-electron chi connectivity index (χ3n) is 5.90. The Bertz CT molecular complexity index is 753. The van der Waals surface area contributed by atoms with E-state index in [4.69, 9.17) is 14.2 Å². The van der Waals surface area contributed by atoms with E-state index in [-0.39, 0.29) is 4.90 Å². The maximum atomic E-state index is 13.0. The Balaban J connectivity index is 1.39. The molecule has 3 aliphatic heterocycles. The Morgan fingerprint density at radius 2 is 1.63 bits per heavy atom. The van der Waals surface area contributed by atoms with E-state index in [1.54, 1.807) is 29.6 Å². The second-order valence-corrected chi connectivity index (χ2v) is 9.35. The van der Waals surface area contributed by atoms with Gasteiger partial charge in [-0.3, -0.25) is 0 Å². The van der Waals surface area contributed by atoms with E-state index in [0.29, 0.717) is 49.9 Å². The van der Waals surface area contributed by atoms with Gasteiger partial charge in [0.1, 0.15) is 13.2 Å². The molecule has 0 atom stereocenters. The lowest BCUT2D eigenvalue weighted by atomic mass is 10.00. The number of fused-ring (bicyclic) bond motifs is 1. The number of likely N-dealkylation sites (tertiary alicyclic amines) is 1. The van der Waals surface area contributed by atoms with Crippen LogP contribution in [0.2, 0.25) is 0 Å². The van der Waals surface area contributed by atoms with Gasteiger partial charge in [-0.15, -0.1) is 0 Å². The summed E-state index contributed by atoms with van der Waals surface area (Å²) in [7, 11) is -1.72. The zero-order chi connectivity index (χ0) is 18.9.